The number of hydrogen-bond acceptors (Lipinski definition) is 8. The highest BCUT2D eigenvalue weighted by Crippen LogP contribution is 2.36. The van der Waals surface area contributed by atoms with Gasteiger partial charge in [-0.05, 0) is 35.8 Å². The Labute approximate surface area is 195 Å². The minimum Gasteiger partial charge on any atom is -0.464 e. The average molecular weight is 509 g/mol. The fourth-order valence-electron chi connectivity index (χ4n) is 3.13. The van der Waals surface area contributed by atoms with E-state index in [1.165, 1.54) is 42.5 Å². The van der Waals surface area contributed by atoms with Gasteiger partial charge in [0.1, 0.15) is 5.69 Å². The molecule has 0 bridgehead atoms. The number of carbonyl (C=O) groups excluding carboxylic acids is 1. The molecule has 0 radical (unpaired) electrons. The van der Waals surface area contributed by atoms with Crippen LogP contribution in [0.1, 0.15) is 16.1 Å². The van der Waals surface area contributed by atoms with Gasteiger partial charge in [-0.25, -0.2) is 22.9 Å². The van der Waals surface area contributed by atoms with Gasteiger partial charge in [0, 0.05) is 17.9 Å². The second-order valence-electron chi connectivity index (χ2n) is 7.06. The molecular weight excluding hydrogens is 493 g/mol. The molecule has 2 aromatic carbocycles. The molecule has 0 aliphatic carbocycles. The molecule has 0 aliphatic rings. The predicted octanol–water partition coefficient (Wildman–Crippen LogP) is 4.27. The SMILES string of the molecule is COC(=O)c1cc(-c2nc(-c3cccc(S(C)(=O)=O)c3)ns2)n(-c2ccccc2C(F)(F)F)n1. The maximum atomic E-state index is 13.7. The molecule has 0 aliphatic heterocycles. The van der Waals surface area contributed by atoms with Crippen LogP contribution in [0.2, 0.25) is 0 Å². The normalized spacial score (nSPS) is 12.0. The molecule has 0 saturated carbocycles. The molecular formula is C21H15F3N4O4S2. The van der Waals surface area contributed by atoms with Gasteiger partial charge in [0.15, 0.2) is 26.4 Å². The molecule has 34 heavy (non-hydrogen) atoms. The Kier molecular flexibility index (Phi) is 6.00. The predicted molar refractivity (Wildman–Crippen MR) is 117 cm³/mol. The van der Waals surface area contributed by atoms with Crippen LogP contribution in [-0.4, -0.2) is 46.9 Å². The largest absolute Gasteiger partial charge is 0.464 e. The molecule has 8 nitrogen and oxygen atoms in total. The van der Waals surface area contributed by atoms with Gasteiger partial charge in [0.05, 0.1) is 23.3 Å². The van der Waals surface area contributed by atoms with E-state index in [-0.39, 0.29) is 32.8 Å². The summed E-state index contributed by atoms with van der Waals surface area (Å²) in [5.41, 5.74) is -0.997. The second kappa shape index (κ2) is 8.65. The standard InChI is InChI=1S/C21H15F3N4O4S2/c1-32-20(29)15-11-17(28(26-15)16-9-4-3-8-14(16)21(22,23)24)19-25-18(27-33-19)12-6-5-7-13(10-12)34(2,30)31/h3-11H,1-2H3. The number of benzene rings is 2. The van der Waals surface area contributed by atoms with E-state index < -0.39 is 27.5 Å². The molecule has 0 saturated heterocycles. The van der Waals surface area contributed by atoms with Gasteiger partial charge in [0.2, 0.25) is 0 Å². The van der Waals surface area contributed by atoms with Crippen molar-refractivity contribution in [2.45, 2.75) is 11.1 Å². The summed E-state index contributed by atoms with van der Waals surface area (Å²) in [5.74, 6) is -0.669. The molecule has 4 aromatic rings. The lowest BCUT2D eigenvalue weighted by Gasteiger charge is -2.13. The molecule has 176 valence electrons. The third kappa shape index (κ3) is 4.56. The van der Waals surface area contributed by atoms with Gasteiger partial charge in [0.25, 0.3) is 0 Å². The first kappa shape index (κ1) is 23.6. The lowest BCUT2D eigenvalue weighted by molar-refractivity contribution is -0.137. The zero-order valence-electron chi connectivity index (χ0n) is 17.6. The lowest BCUT2D eigenvalue weighted by atomic mass is 10.1. The van der Waals surface area contributed by atoms with Crippen LogP contribution in [0.15, 0.2) is 59.5 Å². The van der Waals surface area contributed by atoms with E-state index in [1.54, 1.807) is 6.07 Å². The molecule has 0 unspecified atom stereocenters. The topological polar surface area (TPSA) is 104 Å². The summed E-state index contributed by atoms with van der Waals surface area (Å²) in [6.45, 7) is 0. The van der Waals surface area contributed by atoms with E-state index in [2.05, 4.69) is 19.2 Å². The van der Waals surface area contributed by atoms with Gasteiger partial charge in [-0.3, -0.25) is 0 Å². The van der Waals surface area contributed by atoms with Crippen LogP contribution in [0.4, 0.5) is 13.2 Å². The number of halogens is 3. The number of methoxy groups -OCH3 is 1. The van der Waals surface area contributed by atoms with Crippen molar-refractivity contribution < 1.29 is 31.1 Å². The van der Waals surface area contributed by atoms with Gasteiger partial charge in [-0.2, -0.15) is 22.6 Å². The Balaban J connectivity index is 1.87. The van der Waals surface area contributed by atoms with Crippen LogP contribution in [-0.2, 0) is 20.8 Å². The van der Waals surface area contributed by atoms with Crippen LogP contribution in [0.3, 0.4) is 0 Å². The quantitative estimate of drug-likeness (QED) is 0.371. The van der Waals surface area contributed by atoms with Crippen molar-refractivity contribution in [3.63, 3.8) is 0 Å². The monoisotopic (exact) mass is 508 g/mol. The number of ether oxygens (including phenoxy) is 1. The highest BCUT2D eigenvalue weighted by Gasteiger charge is 2.35. The number of alkyl halides is 3. The first-order chi connectivity index (χ1) is 16.0. The van der Waals surface area contributed by atoms with Crippen LogP contribution < -0.4 is 0 Å². The van der Waals surface area contributed by atoms with Gasteiger partial charge < -0.3 is 4.74 Å². The number of carbonyl (C=O) groups is 1. The molecule has 2 heterocycles. The zero-order valence-corrected chi connectivity index (χ0v) is 19.2. The van der Waals surface area contributed by atoms with E-state index in [9.17, 15) is 26.4 Å². The van der Waals surface area contributed by atoms with E-state index in [1.807, 2.05) is 0 Å². The maximum Gasteiger partial charge on any atom is 0.418 e. The van der Waals surface area contributed by atoms with E-state index in [4.69, 9.17) is 0 Å². The average Bonchev–Trinajstić information content (AvgIpc) is 3.45. The molecule has 0 N–H and O–H groups in total. The third-order valence-corrected chi connectivity index (χ3v) is 6.55. The number of esters is 1. The molecule has 2 aromatic heterocycles. The second-order valence-corrected chi connectivity index (χ2v) is 9.82. The molecule has 13 heteroatoms. The van der Waals surface area contributed by atoms with Crippen molar-refractivity contribution in [3.05, 3.63) is 65.9 Å². The van der Waals surface area contributed by atoms with Crippen molar-refractivity contribution in [1.29, 1.82) is 0 Å². The number of sulfone groups is 1. The summed E-state index contributed by atoms with van der Waals surface area (Å²) >= 11 is 0.861. The summed E-state index contributed by atoms with van der Waals surface area (Å²) < 4.78 is 74.5. The first-order valence-electron chi connectivity index (χ1n) is 9.48. The summed E-state index contributed by atoms with van der Waals surface area (Å²) in [4.78, 5) is 16.5. The van der Waals surface area contributed by atoms with Crippen molar-refractivity contribution in [1.82, 2.24) is 19.1 Å². The van der Waals surface area contributed by atoms with Crippen molar-refractivity contribution in [2.24, 2.45) is 0 Å². The number of para-hydroxylation sites is 1. The van der Waals surface area contributed by atoms with E-state index >= 15 is 0 Å². The highest BCUT2D eigenvalue weighted by molar-refractivity contribution is 7.90. The number of hydrogen-bond donors (Lipinski definition) is 0. The summed E-state index contributed by atoms with van der Waals surface area (Å²) in [7, 11) is -2.35. The summed E-state index contributed by atoms with van der Waals surface area (Å²) in [6.07, 6.45) is -3.61. The van der Waals surface area contributed by atoms with Crippen molar-refractivity contribution in [3.8, 4) is 27.8 Å². The lowest BCUT2D eigenvalue weighted by Crippen LogP contribution is -2.12. The Hall–Kier alpha value is -3.58. The van der Waals surface area contributed by atoms with Crippen LogP contribution in [0.5, 0.6) is 0 Å². The van der Waals surface area contributed by atoms with Gasteiger partial charge >= 0.3 is 12.1 Å². The van der Waals surface area contributed by atoms with Gasteiger partial charge in [-0.15, -0.1) is 0 Å². The zero-order chi connectivity index (χ0) is 24.7. The van der Waals surface area contributed by atoms with E-state index in [0.29, 0.717) is 5.56 Å². The van der Waals surface area contributed by atoms with Crippen molar-refractivity contribution >= 4 is 27.3 Å². The van der Waals surface area contributed by atoms with E-state index in [0.717, 1.165) is 35.6 Å². The number of nitrogens with zero attached hydrogens (tertiary/aromatic N) is 4. The maximum absolute atomic E-state index is 13.7. The Morgan fingerprint density at radius 1 is 1.09 bits per heavy atom. The number of aromatic nitrogens is 4. The smallest absolute Gasteiger partial charge is 0.418 e. The summed E-state index contributed by atoms with van der Waals surface area (Å²) in [5, 5.41) is 4.20. The fraction of sp³-hybridized carbons (Fsp3) is 0.143. The Morgan fingerprint density at radius 3 is 2.50 bits per heavy atom. The molecule has 0 spiro atoms. The van der Waals surface area contributed by atoms with Gasteiger partial charge in [-0.1, -0.05) is 24.3 Å². The summed E-state index contributed by atoms with van der Waals surface area (Å²) in [6, 6.07) is 12.0. The molecule has 0 amide bonds. The molecule has 0 atom stereocenters. The van der Waals surface area contributed by atoms with Crippen LogP contribution in [0, 0.1) is 0 Å². The van der Waals surface area contributed by atoms with Crippen molar-refractivity contribution in [2.75, 3.05) is 13.4 Å². The molecule has 4 rings (SSSR count). The van der Waals surface area contributed by atoms with Crippen LogP contribution in [0.25, 0.3) is 27.8 Å². The minimum absolute atomic E-state index is 0.0680. The fourth-order valence-corrected chi connectivity index (χ4v) is 4.48. The first-order valence-corrected chi connectivity index (χ1v) is 12.1. The minimum atomic E-state index is -4.68. The Morgan fingerprint density at radius 2 is 1.82 bits per heavy atom. The molecule has 0 fully saturated rings. The number of rotatable bonds is 5. The third-order valence-electron chi connectivity index (χ3n) is 4.71. The van der Waals surface area contributed by atoms with Crippen LogP contribution >= 0.6 is 11.5 Å². The highest BCUT2D eigenvalue weighted by atomic mass is 32.2. The Bertz CT molecular complexity index is 1490.